The molecule has 2 aromatic rings. The predicted octanol–water partition coefficient (Wildman–Crippen LogP) is 2.67. The molecule has 1 fully saturated rings. The molecule has 1 aliphatic rings. The van der Waals surface area contributed by atoms with Crippen molar-refractivity contribution in [1.29, 1.82) is 0 Å². The molecule has 2 unspecified atom stereocenters. The Bertz CT molecular complexity index is 612. The van der Waals surface area contributed by atoms with Crippen LogP contribution in [0.25, 0.3) is 0 Å². The SMILES string of the molecule is O=[N+]([O-])c1cccc(CNC2CCCC2n2ccnc2)c1. The number of hydrogen-bond acceptors (Lipinski definition) is 4. The molecule has 1 heterocycles. The van der Waals surface area contributed by atoms with Gasteiger partial charge in [-0.2, -0.15) is 0 Å². The van der Waals surface area contributed by atoms with Crippen molar-refractivity contribution in [2.75, 3.05) is 0 Å². The van der Waals surface area contributed by atoms with Gasteiger partial charge >= 0.3 is 0 Å². The van der Waals surface area contributed by atoms with Crippen molar-refractivity contribution >= 4 is 5.69 Å². The van der Waals surface area contributed by atoms with E-state index in [9.17, 15) is 10.1 Å². The summed E-state index contributed by atoms with van der Waals surface area (Å²) in [4.78, 5) is 14.6. The van der Waals surface area contributed by atoms with Crippen LogP contribution in [0.15, 0.2) is 43.0 Å². The van der Waals surface area contributed by atoms with Gasteiger partial charge in [0.2, 0.25) is 0 Å². The van der Waals surface area contributed by atoms with E-state index in [4.69, 9.17) is 0 Å². The molecule has 3 rings (SSSR count). The van der Waals surface area contributed by atoms with E-state index in [1.54, 1.807) is 18.3 Å². The summed E-state index contributed by atoms with van der Waals surface area (Å²) in [5.41, 5.74) is 1.09. The topological polar surface area (TPSA) is 73.0 Å². The summed E-state index contributed by atoms with van der Waals surface area (Å²) < 4.78 is 2.15. The van der Waals surface area contributed by atoms with Crippen molar-refractivity contribution in [2.24, 2.45) is 0 Å². The number of nitrogens with one attached hydrogen (secondary N) is 1. The van der Waals surface area contributed by atoms with E-state index in [2.05, 4.69) is 14.9 Å². The monoisotopic (exact) mass is 286 g/mol. The van der Waals surface area contributed by atoms with E-state index >= 15 is 0 Å². The maximum Gasteiger partial charge on any atom is 0.269 e. The highest BCUT2D eigenvalue weighted by Gasteiger charge is 2.27. The lowest BCUT2D eigenvalue weighted by atomic mass is 10.1. The number of benzene rings is 1. The van der Waals surface area contributed by atoms with Crippen molar-refractivity contribution in [1.82, 2.24) is 14.9 Å². The standard InChI is InChI=1S/C15H18N4O2/c20-19(21)13-4-1-3-12(9-13)10-17-14-5-2-6-15(14)18-8-7-16-11-18/h1,3-4,7-9,11,14-15,17H,2,5-6,10H2. The van der Waals surface area contributed by atoms with E-state index in [1.807, 2.05) is 18.6 Å². The van der Waals surface area contributed by atoms with E-state index in [0.29, 0.717) is 18.6 Å². The number of non-ortho nitro benzene ring substituents is 1. The van der Waals surface area contributed by atoms with E-state index < -0.39 is 0 Å². The van der Waals surface area contributed by atoms with Gasteiger partial charge in [0.25, 0.3) is 5.69 Å². The molecule has 6 heteroatoms. The maximum atomic E-state index is 10.8. The van der Waals surface area contributed by atoms with Gasteiger partial charge in [-0.05, 0) is 24.8 Å². The third-order valence-corrected chi connectivity index (χ3v) is 4.08. The Balaban J connectivity index is 1.64. The smallest absolute Gasteiger partial charge is 0.269 e. The molecular weight excluding hydrogens is 268 g/mol. The zero-order chi connectivity index (χ0) is 14.7. The van der Waals surface area contributed by atoms with Gasteiger partial charge in [0.05, 0.1) is 11.3 Å². The van der Waals surface area contributed by atoms with E-state index in [-0.39, 0.29) is 10.6 Å². The zero-order valence-electron chi connectivity index (χ0n) is 11.7. The lowest BCUT2D eigenvalue weighted by molar-refractivity contribution is -0.384. The van der Waals surface area contributed by atoms with Crippen LogP contribution in [0.5, 0.6) is 0 Å². The van der Waals surface area contributed by atoms with Crippen molar-refractivity contribution in [3.63, 3.8) is 0 Å². The van der Waals surface area contributed by atoms with E-state index in [0.717, 1.165) is 18.4 Å². The number of rotatable bonds is 5. The quantitative estimate of drug-likeness (QED) is 0.677. The third kappa shape index (κ3) is 3.11. The zero-order valence-corrected chi connectivity index (χ0v) is 11.7. The number of hydrogen-bond donors (Lipinski definition) is 1. The molecule has 0 amide bonds. The van der Waals surface area contributed by atoms with E-state index in [1.165, 1.54) is 12.5 Å². The van der Waals surface area contributed by atoms with Crippen LogP contribution in [-0.2, 0) is 6.54 Å². The second-order valence-corrected chi connectivity index (χ2v) is 5.42. The minimum Gasteiger partial charge on any atom is -0.333 e. The van der Waals surface area contributed by atoms with Gasteiger partial charge in [-0.15, -0.1) is 0 Å². The molecule has 0 bridgehead atoms. The molecule has 0 radical (unpaired) electrons. The summed E-state index contributed by atoms with van der Waals surface area (Å²) in [6.45, 7) is 0.650. The Morgan fingerprint density at radius 3 is 3.10 bits per heavy atom. The molecule has 1 aromatic heterocycles. The summed E-state index contributed by atoms with van der Waals surface area (Å²) in [5.74, 6) is 0. The first-order valence-corrected chi connectivity index (χ1v) is 7.18. The summed E-state index contributed by atoms with van der Waals surface area (Å²) in [6.07, 6.45) is 9.11. The molecular formula is C15H18N4O2. The van der Waals surface area contributed by atoms with Crippen LogP contribution in [0.2, 0.25) is 0 Å². The van der Waals surface area contributed by atoms with Crippen molar-refractivity contribution in [3.05, 3.63) is 58.7 Å². The van der Waals surface area contributed by atoms with Crippen LogP contribution in [0.3, 0.4) is 0 Å². The molecule has 1 aliphatic carbocycles. The minimum atomic E-state index is -0.354. The molecule has 21 heavy (non-hydrogen) atoms. The number of imidazole rings is 1. The van der Waals surface area contributed by atoms with Crippen LogP contribution in [0, 0.1) is 10.1 Å². The fourth-order valence-corrected chi connectivity index (χ4v) is 3.03. The molecule has 0 aliphatic heterocycles. The second kappa shape index (κ2) is 6.05. The summed E-state index contributed by atoms with van der Waals surface area (Å²) in [7, 11) is 0. The molecule has 0 spiro atoms. The van der Waals surface area contributed by atoms with Gasteiger partial charge in [-0.1, -0.05) is 12.1 Å². The molecule has 110 valence electrons. The summed E-state index contributed by atoms with van der Waals surface area (Å²) in [6, 6.07) is 7.62. The summed E-state index contributed by atoms with van der Waals surface area (Å²) >= 11 is 0. The number of aromatic nitrogens is 2. The molecule has 6 nitrogen and oxygen atoms in total. The molecule has 1 saturated carbocycles. The Hall–Kier alpha value is -2.21. The van der Waals surface area contributed by atoms with Crippen LogP contribution in [0.1, 0.15) is 30.9 Å². The van der Waals surface area contributed by atoms with Gasteiger partial charge in [0.15, 0.2) is 0 Å². The van der Waals surface area contributed by atoms with Gasteiger partial charge in [0.1, 0.15) is 0 Å². The van der Waals surface area contributed by atoms with Crippen LogP contribution in [0.4, 0.5) is 5.69 Å². The highest BCUT2D eigenvalue weighted by molar-refractivity contribution is 5.34. The van der Waals surface area contributed by atoms with Gasteiger partial charge in [-0.3, -0.25) is 10.1 Å². The average molecular weight is 286 g/mol. The lowest BCUT2D eigenvalue weighted by Crippen LogP contribution is -2.33. The Labute approximate surface area is 123 Å². The largest absolute Gasteiger partial charge is 0.333 e. The van der Waals surface area contributed by atoms with Crippen molar-refractivity contribution in [2.45, 2.75) is 37.9 Å². The second-order valence-electron chi connectivity index (χ2n) is 5.42. The first kappa shape index (κ1) is 13.8. The predicted molar refractivity (Wildman–Crippen MR) is 78.8 cm³/mol. The fourth-order valence-electron chi connectivity index (χ4n) is 3.03. The molecule has 1 N–H and O–H groups in total. The number of nitro benzene ring substituents is 1. The molecule has 1 aromatic carbocycles. The van der Waals surface area contributed by atoms with Crippen LogP contribution >= 0.6 is 0 Å². The van der Waals surface area contributed by atoms with Gasteiger partial charge < -0.3 is 9.88 Å². The Kier molecular flexibility index (Phi) is 3.96. The van der Waals surface area contributed by atoms with Crippen molar-refractivity contribution in [3.8, 4) is 0 Å². The van der Waals surface area contributed by atoms with Crippen LogP contribution in [-0.4, -0.2) is 20.5 Å². The molecule has 0 saturated heterocycles. The maximum absolute atomic E-state index is 10.8. The minimum absolute atomic E-state index is 0.145. The molecule has 2 atom stereocenters. The van der Waals surface area contributed by atoms with Gasteiger partial charge in [-0.25, -0.2) is 4.98 Å². The highest BCUT2D eigenvalue weighted by Crippen LogP contribution is 2.30. The first-order chi connectivity index (χ1) is 10.2. The lowest BCUT2D eigenvalue weighted by Gasteiger charge is -2.22. The third-order valence-electron chi connectivity index (χ3n) is 4.08. The summed E-state index contributed by atoms with van der Waals surface area (Å²) in [5, 5.41) is 14.3. The Morgan fingerprint density at radius 1 is 1.43 bits per heavy atom. The highest BCUT2D eigenvalue weighted by atomic mass is 16.6. The number of nitrogens with zero attached hydrogens (tertiary/aromatic N) is 3. The average Bonchev–Trinajstić information content (AvgIpc) is 3.16. The Morgan fingerprint density at radius 2 is 2.33 bits per heavy atom. The van der Waals surface area contributed by atoms with Crippen LogP contribution < -0.4 is 5.32 Å². The normalized spacial score (nSPS) is 21.5. The first-order valence-electron chi connectivity index (χ1n) is 7.18. The number of nitro groups is 1. The van der Waals surface area contributed by atoms with Gasteiger partial charge in [0, 0.05) is 43.2 Å². The van der Waals surface area contributed by atoms with Crippen molar-refractivity contribution < 1.29 is 4.92 Å². The fraction of sp³-hybridized carbons (Fsp3) is 0.400.